The van der Waals surface area contributed by atoms with Gasteiger partial charge in [-0.2, -0.15) is 9.29 Å². The van der Waals surface area contributed by atoms with E-state index in [1.54, 1.807) is 36.4 Å². The van der Waals surface area contributed by atoms with Gasteiger partial charge in [0, 0.05) is 11.9 Å². The van der Waals surface area contributed by atoms with Crippen LogP contribution >= 0.6 is 27.4 Å². The quantitative estimate of drug-likeness (QED) is 0.135. The second-order valence-electron chi connectivity index (χ2n) is 8.35. The summed E-state index contributed by atoms with van der Waals surface area (Å²) in [5.41, 5.74) is 0.803. The predicted octanol–water partition coefficient (Wildman–Crippen LogP) is 2.61. The minimum absolute atomic E-state index is 0.376. The zero-order valence-corrected chi connectivity index (χ0v) is 22.8. The molecule has 1 saturated heterocycles. The average molecular weight is 600 g/mol. The Balaban J connectivity index is 1.32. The van der Waals surface area contributed by atoms with E-state index < -0.39 is 52.5 Å². The number of phosphoric acid groups is 2. The lowest BCUT2D eigenvalue weighted by atomic mass is 10.1. The van der Waals surface area contributed by atoms with Crippen molar-refractivity contribution < 1.29 is 47.2 Å². The highest BCUT2D eigenvalue weighted by molar-refractivity contribution is 7.98. The zero-order chi connectivity index (χ0) is 28.0. The van der Waals surface area contributed by atoms with Gasteiger partial charge >= 0.3 is 21.3 Å². The molecule has 0 bridgehead atoms. The van der Waals surface area contributed by atoms with E-state index in [0.717, 1.165) is 10.1 Å². The molecule has 1 aliphatic rings. The van der Waals surface area contributed by atoms with Gasteiger partial charge in [0.2, 0.25) is 0 Å². The van der Waals surface area contributed by atoms with Gasteiger partial charge in [-0.1, -0.05) is 60.7 Å². The molecule has 6 atom stereocenters. The molecule has 39 heavy (non-hydrogen) atoms. The summed E-state index contributed by atoms with van der Waals surface area (Å²) in [5, 5.41) is 21.2. The van der Waals surface area contributed by atoms with Crippen LogP contribution in [0.25, 0.3) is 0 Å². The minimum atomic E-state index is -5.17. The predicted molar refractivity (Wildman–Crippen MR) is 138 cm³/mol. The Morgan fingerprint density at radius 2 is 1.51 bits per heavy atom. The van der Waals surface area contributed by atoms with Crippen molar-refractivity contribution in [3.63, 3.8) is 0 Å². The van der Waals surface area contributed by atoms with E-state index in [1.165, 1.54) is 18.0 Å². The largest absolute Gasteiger partial charge is 0.481 e. The Bertz CT molecular complexity index is 1400. The van der Waals surface area contributed by atoms with Crippen molar-refractivity contribution >= 4 is 27.4 Å². The molecule has 3 unspecified atom stereocenters. The third kappa shape index (κ3) is 8.40. The maximum absolute atomic E-state index is 12.6. The molecular formula is C23H26N2O11P2S. The van der Waals surface area contributed by atoms with Crippen LogP contribution in [0.2, 0.25) is 0 Å². The molecule has 2 heterocycles. The molecule has 210 valence electrons. The molecule has 0 amide bonds. The molecule has 0 radical (unpaired) electrons. The molecule has 2 aromatic carbocycles. The molecule has 1 aromatic heterocycles. The molecule has 0 aliphatic carbocycles. The summed E-state index contributed by atoms with van der Waals surface area (Å²) < 4.78 is 44.5. The number of benzene rings is 2. The number of rotatable bonds is 12. The number of hydrogen-bond donors (Lipinski definition) is 4. The monoisotopic (exact) mass is 600 g/mol. The van der Waals surface area contributed by atoms with Gasteiger partial charge in [0.15, 0.2) is 6.23 Å². The maximum Gasteiger partial charge on any atom is 0.481 e. The van der Waals surface area contributed by atoms with Crippen LogP contribution in [0.4, 0.5) is 0 Å². The Morgan fingerprint density at radius 1 is 0.897 bits per heavy atom. The lowest BCUT2D eigenvalue weighted by Gasteiger charge is -2.19. The molecule has 3 aromatic rings. The van der Waals surface area contributed by atoms with Crippen molar-refractivity contribution in [1.82, 2.24) is 9.55 Å². The highest BCUT2D eigenvalue weighted by Crippen LogP contribution is 2.60. The summed E-state index contributed by atoms with van der Waals surface area (Å²) in [4.78, 5) is 36.2. The van der Waals surface area contributed by atoms with Crippen LogP contribution < -0.4 is 5.69 Å². The van der Waals surface area contributed by atoms with Gasteiger partial charge in [-0.25, -0.2) is 13.9 Å². The SMILES string of the molecule is O=c1nc(SCc2ccccc2)ccn1[C@@H]1O[C@H](COP(=O)(O)OP(=O)(O)OCc2ccccc2)C(O)[C@@H]1O. The van der Waals surface area contributed by atoms with E-state index in [0.29, 0.717) is 16.3 Å². The fourth-order valence-corrected chi connectivity index (χ4v) is 6.45. The molecule has 1 aliphatic heterocycles. The first kappa shape index (κ1) is 29.8. The number of hydrogen-bond acceptors (Lipinski definition) is 11. The molecular weight excluding hydrogens is 574 g/mol. The van der Waals surface area contributed by atoms with Crippen LogP contribution in [0.1, 0.15) is 17.4 Å². The van der Waals surface area contributed by atoms with E-state index in [9.17, 15) is 33.9 Å². The first-order valence-electron chi connectivity index (χ1n) is 11.5. The second kappa shape index (κ2) is 13.0. The van der Waals surface area contributed by atoms with Crippen molar-refractivity contribution in [1.29, 1.82) is 0 Å². The Kier molecular flexibility index (Phi) is 9.92. The molecule has 0 saturated carbocycles. The van der Waals surface area contributed by atoms with Crippen molar-refractivity contribution in [3.05, 3.63) is 94.5 Å². The number of aliphatic hydroxyl groups is 2. The summed E-state index contributed by atoms with van der Waals surface area (Å²) in [6, 6.07) is 19.4. The number of aliphatic hydroxyl groups excluding tert-OH is 2. The number of phosphoric ester groups is 2. The Morgan fingerprint density at radius 3 is 2.15 bits per heavy atom. The third-order valence-electron chi connectivity index (χ3n) is 5.49. The zero-order valence-electron chi connectivity index (χ0n) is 20.2. The van der Waals surface area contributed by atoms with Crippen molar-refractivity contribution in [3.8, 4) is 0 Å². The molecule has 0 spiro atoms. The fraction of sp³-hybridized carbons (Fsp3) is 0.304. The van der Waals surface area contributed by atoms with Crippen LogP contribution in [0.3, 0.4) is 0 Å². The summed E-state index contributed by atoms with van der Waals surface area (Å²) in [7, 11) is -10.2. The van der Waals surface area contributed by atoms with E-state index in [2.05, 4.69) is 9.29 Å². The second-order valence-corrected chi connectivity index (χ2v) is 12.4. The van der Waals surface area contributed by atoms with Crippen LogP contribution in [0.15, 0.2) is 82.7 Å². The fourth-order valence-electron chi connectivity index (χ4n) is 3.57. The van der Waals surface area contributed by atoms with Crippen LogP contribution in [-0.2, 0) is 39.6 Å². The summed E-state index contributed by atoms with van der Waals surface area (Å²) in [6.07, 6.45) is -4.67. The standard InChI is InChI=1S/C23H26N2O11P2S/c26-20-18(14-34-38(31,32)36-37(29,30)33-13-16-7-3-1-4-8-16)35-22(21(20)27)25-12-11-19(24-23(25)28)39-15-17-9-5-2-6-10-17/h1-12,18,20-22,26-27H,13-15H2,(H,29,30)(H,31,32)/t18-,20?,21+,22-/m1/s1. The average Bonchev–Trinajstić information content (AvgIpc) is 3.19. The van der Waals surface area contributed by atoms with Gasteiger partial charge in [0.05, 0.1) is 13.2 Å². The van der Waals surface area contributed by atoms with Crippen LogP contribution in [0.5, 0.6) is 0 Å². The molecule has 13 nitrogen and oxygen atoms in total. The summed E-state index contributed by atoms with van der Waals surface area (Å²) in [5.74, 6) is 0.583. The lowest BCUT2D eigenvalue weighted by Crippen LogP contribution is -2.36. The molecule has 4 N–H and O–H groups in total. The van der Waals surface area contributed by atoms with E-state index >= 15 is 0 Å². The third-order valence-corrected chi connectivity index (χ3v) is 9.07. The number of thioether (sulfide) groups is 1. The van der Waals surface area contributed by atoms with Crippen molar-refractivity contribution in [2.24, 2.45) is 0 Å². The van der Waals surface area contributed by atoms with E-state index in [1.807, 2.05) is 30.3 Å². The van der Waals surface area contributed by atoms with Gasteiger partial charge < -0.3 is 24.7 Å². The Hall–Kier alpha value is -2.19. The topological polar surface area (TPSA) is 187 Å². The molecule has 1 fully saturated rings. The van der Waals surface area contributed by atoms with Crippen molar-refractivity contribution in [2.45, 2.75) is 41.9 Å². The normalized spacial score (nSPS) is 24.2. The van der Waals surface area contributed by atoms with Gasteiger partial charge in [-0.15, -0.1) is 11.8 Å². The highest BCUT2D eigenvalue weighted by Gasteiger charge is 2.46. The molecule has 16 heteroatoms. The lowest BCUT2D eigenvalue weighted by molar-refractivity contribution is -0.0544. The van der Waals surface area contributed by atoms with Crippen LogP contribution in [-0.4, -0.2) is 54.5 Å². The number of nitrogens with zero attached hydrogens (tertiary/aromatic N) is 2. The summed E-state index contributed by atoms with van der Waals surface area (Å²) >= 11 is 1.33. The van der Waals surface area contributed by atoms with Crippen LogP contribution in [0, 0.1) is 0 Å². The molecule has 4 rings (SSSR count). The van der Waals surface area contributed by atoms with E-state index in [4.69, 9.17) is 13.8 Å². The first-order chi connectivity index (χ1) is 18.5. The Labute approximate surface area is 227 Å². The number of aromatic nitrogens is 2. The number of ether oxygens (including phenoxy) is 1. The smallest absolute Gasteiger partial charge is 0.387 e. The van der Waals surface area contributed by atoms with Gasteiger partial charge in [0.25, 0.3) is 0 Å². The highest BCUT2D eigenvalue weighted by atomic mass is 32.2. The van der Waals surface area contributed by atoms with Crippen molar-refractivity contribution in [2.75, 3.05) is 6.61 Å². The van der Waals surface area contributed by atoms with Gasteiger partial charge in [-0.05, 0) is 17.2 Å². The van der Waals surface area contributed by atoms with E-state index in [-0.39, 0.29) is 6.61 Å². The maximum atomic E-state index is 12.6. The first-order valence-corrected chi connectivity index (χ1v) is 15.5. The van der Waals surface area contributed by atoms with Gasteiger partial charge in [-0.3, -0.25) is 13.6 Å². The minimum Gasteiger partial charge on any atom is -0.387 e. The van der Waals surface area contributed by atoms with Gasteiger partial charge in [0.1, 0.15) is 23.3 Å². The summed E-state index contributed by atoms with van der Waals surface area (Å²) in [6.45, 7) is -1.20.